The van der Waals surface area contributed by atoms with Crippen molar-refractivity contribution in [3.63, 3.8) is 0 Å². The molecule has 41 heavy (non-hydrogen) atoms. The monoisotopic (exact) mass is 591 g/mol. The molecule has 3 aromatic rings. The highest BCUT2D eigenvalue weighted by molar-refractivity contribution is 7.92. The number of nitrogens with zero attached hydrogens (tertiary/aromatic N) is 2. The zero-order valence-corrected chi connectivity index (χ0v) is 23.3. The van der Waals surface area contributed by atoms with Crippen molar-refractivity contribution in [2.24, 2.45) is 0 Å². The van der Waals surface area contributed by atoms with Crippen molar-refractivity contribution in [3.8, 4) is 11.5 Å². The quantitative estimate of drug-likeness (QED) is 0.376. The SMILES string of the molecule is COc1ccc(S(=O)(=O)N(CC(=O)Nc2ccc(N3CCCC3=O)c(C)c2)c2cccc(C(F)(F)F)c2)cc1OC. The lowest BCUT2D eigenvalue weighted by Gasteiger charge is -2.25. The van der Waals surface area contributed by atoms with E-state index in [4.69, 9.17) is 9.47 Å². The summed E-state index contributed by atoms with van der Waals surface area (Å²) in [6, 6.07) is 12.3. The van der Waals surface area contributed by atoms with Crippen LogP contribution in [0.3, 0.4) is 0 Å². The maximum absolute atomic E-state index is 13.8. The molecule has 2 amide bonds. The van der Waals surface area contributed by atoms with Gasteiger partial charge in [0, 0.05) is 30.4 Å². The third kappa shape index (κ3) is 6.40. The molecule has 1 aliphatic rings. The summed E-state index contributed by atoms with van der Waals surface area (Å²) in [6.45, 7) is 1.53. The second-order valence-corrected chi connectivity index (χ2v) is 11.1. The van der Waals surface area contributed by atoms with E-state index in [1.165, 1.54) is 32.4 Å². The Morgan fingerprint density at radius 3 is 2.37 bits per heavy atom. The number of rotatable bonds is 9. The highest BCUT2D eigenvalue weighted by Crippen LogP contribution is 2.35. The molecule has 3 aromatic carbocycles. The number of carbonyl (C=O) groups is 2. The Morgan fingerprint density at radius 1 is 1.02 bits per heavy atom. The number of hydrogen-bond acceptors (Lipinski definition) is 6. The van der Waals surface area contributed by atoms with Crippen LogP contribution in [0, 0.1) is 6.92 Å². The number of carbonyl (C=O) groups excluding carboxylic acids is 2. The van der Waals surface area contributed by atoms with Gasteiger partial charge in [0.05, 0.1) is 30.4 Å². The molecule has 0 atom stereocenters. The highest BCUT2D eigenvalue weighted by Gasteiger charge is 2.34. The molecule has 1 fully saturated rings. The van der Waals surface area contributed by atoms with Gasteiger partial charge >= 0.3 is 6.18 Å². The van der Waals surface area contributed by atoms with Crippen LogP contribution in [0.1, 0.15) is 24.0 Å². The molecule has 1 aliphatic heterocycles. The Kier molecular flexibility index (Phi) is 8.47. The van der Waals surface area contributed by atoms with Crippen molar-refractivity contribution in [2.75, 3.05) is 41.8 Å². The van der Waals surface area contributed by atoms with Crippen LogP contribution in [0.2, 0.25) is 0 Å². The van der Waals surface area contributed by atoms with Crippen molar-refractivity contribution in [1.82, 2.24) is 0 Å². The Bertz CT molecular complexity index is 1580. The zero-order valence-electron chi connectivity index (χ0n) is 22.5. The average Bonchev–Trinajstić information content (AvgIpc) is 3.36. The third-order valence-electron chi connectivity index (χ3n) is 6.54. The van der Waals surface area contributed by atoms with Crippen molar-refractivity contribution in [3.05, 3.63) is 71.8 Å². The largest absolute Gasteiger partial charge is 0.493 e. The first-order chi connectivity index (χ1) is 19.3. The fourth-order valence-electron chi connectivity index (χ4n) is 4.53. The molecule has 13 heteroatoms. The standard InChI is InChI=1S/C28H28F3N3O6S/c1-18-14-20(9-11-23(18)33-13-5-8-27(33)36)32-26(35)17-34(21-7-4-6-19(15-21)28(29,30)31)41(37,38)22-10-12-24(39-2)25(16-22)40-3/h4,6-7,9-12,14-16H,5,8,13,17H2,1-3H3,(H,32,35). The topological polar surface area (TPSA) is 105 Å². The molecule has 0 spiro atoms. The van der Waals surface area contributed by atoms with Crippen molar-refractivity contribution >= 4 is 38.9 Å². The van der Waals surface area contributed by atoms with E-state index in [9.17, 15) is 31.2 Å². The van der Waals surface area contributed by atoms with E-state index in [-0.39, 0.29) is 28.0 Å². The molecular formula is C28H28F3N3O6S. The molecule has 218 valence electrons. The van der Waals surface area contributed by atoms with Gasteiger partial charge in [-0.3, -0.25) is 13.9 Å². The number of anilines is 3. The minimum atomic E-state index is -4.74. The summed E-state index contributed by atoms with van der Waals surface area (Å²) >= 11 is 0. The first-order valence-corrected chi connectivity index (χ1v) is 13.9. The molecule has 9 nitrogen and oxygen atoms in total. The lowest BCUT2D eigenvalue weighted by atomic mass is 10.1. The molecule has 0 radical (unpaired) electrons. The van der Waals surface area contributed by atoms with E-state index in [0.29, 0.717) is 40.3 Å². The van der Waals surface area contributed by atoms with Gasteiger partial charge in [-0.15, -0.1) is 0 Å². The molecular weight excluding hydrogens is 563 g/mol. The Labute approximate surface area is 235 Å². The average molecular weight is 592 g/mol. The Morgan fingerprint density at radius 2 is 1.76 bits per heavy atom. The number of aryl methyl sites for hydroxylation is 1. The van der Waals surface area contributed by atoms with E-state index in [1.807, 2.05) is 0 Å². The molecule has 1 saturated heterocycles. The predicted octanol–water partition coefficient (Wildman–Crippen LogP) is 4.99. The van der Waals surface area contributed by atoms with Gasteiger partial charge in [0.25, 0.3) is 10.0 Å². The van der Waals surface area contributed by atoms with Gasteiger partial charge < -0.3 is 19.7 Å². The summed E-state index contributed by atoms with van der Waals surface area (Å²) in [5, 5.41) is 2.61. The summed E-state index contributed by atoms with van der Waals surface area (Å²) < 4.78 is 78.9. The molecule has 1 heterocycles. The number of methoxy groups -OCH3 is 2. The number of ether oxygens (including phenoxy) is 2. The van der Waals surface area contributed by atoms with Crippen LogP contribution in [0.5, 0.6) is 11.5 Å². The van der Waals surface area contributed by atoms with Crippen molar-refractivity contribution in [2.45, 2.75) is 30.8 Å². The van der Waals surface area contributed by atoms with E-state index >= 15 is 0 Å². The van der Waals surface area contributed by atoms with Crippen LogP contribution in [0.25, 0.3) is 0 Å². The van der Waals surface area contributed by atoms with E-state index in [0.717, 1.165) is 24.6 Å². The first-order valence-electron chi connectivity index (χ1n) is 12.5. The second kappa shape index (κ2) is 11.7. The molecule has 4 rings (SSSR count). The van der Waals surface area contributed by atoms with Gasteiger partial charge in [0.15, 0.2) is 11.5 Å². The number of nitrogens with one attached hydrogen (secondary N) is 1. The molecule has 0 saturated carbocycles. The van der Waals surface area contributed by atoms with Crippen LogP contribution in [-0.4, -0.2) is 47.5 Å². The third-order valence-corrected chi connectivity index (χ3v) is 8.31. The summed E-state index contributed by atoms with van der Waals surface area (Å²) in [5.41, 5.74) is 0.308. The van der Waals surface area contributed by atoms with Crippen LogP contribution in [0.15, 0.2) is 65.6 Å². The van der Waals surface area contributed by atoms with Gasteiger partial charge in [0.1, 0.15) is 6.54 Å². The van der Waals surface area contributed by atoms with Crippen LogP contribution < -0.4 is 24.0 Å². The number of sulfonamides is 1. The van der Waals surface area contributed by atoms with Crippen molar-refractivity contribution < 1.29 is 40.7 Å². The van der Waals surface area contributed by atoms with E-state index in [2.05, 4.69) is 5.32 Å². The van der Waals surface area contributed by atoms with E-state index in [1.54, 1.807) is 30.0 Å². The highest BCUT2D eigenvalue weighted by atomic mass is 32.2. The maximum atomic E-state index is 13.8. The lowest BCUT2D eigenvalue weighted by Crippen LogP contribution is -2.38. The summed E-state index contributed by atoms with van der Waals surface area (Å²) in [5.74, 6) is -0.476. The smallest absolute Gasteiger partial charge is 0.416 e. The molecule has 0 unspecified atom stereocenters. The second-order valence-electron chi connectivity index (χ2n) is 9.27. The zero-order chi connectivity index (χ0) is 29.9. The fraction of sp³-hybridized carbons (Fsp3) is 0.286. The summed E-state index contributed by atoms with van der Waals surface area (Å²) in [7, 11) is -1.90. The number of hydrogen-bond donors (Lipinski definition) is 1. The Balaban J connectivity index is 1.67. The number of amides is 2. The Hall–Kier alpha value is -4.26. The minimum Gasteiger partial charge on any atom is -0.493 e. The minimum absolute atomic E-state index is 0.00184. The summed E-state index contributed by atoms with van der Waals surface area (Å²) in [4.78, 5) is 26.6. The van der Waals surface area contributed by atoms with Crippen LogP contribution in [0.4, 0.5) is 30.2 Å². The van der Waals surface area contributed by atoms with Crippen LogP contribution in [-0.2, 0) is 25.8 Å². The molecule has 0 aliphatic carbocycles. The normalized spacial score (nSPS) is 13.7. The predicted molar refractivity (Wildman–Crippen MR) is 147 cm³/mol. The van der Waals surface area contributed by atoms with Crippen LogP contribution >= 0.6 is 0 Å². The number of alkyl halides is 3. The maximum Gasteiger partial charge on any atom is 0.416 e. The molecule has 0 bridgehead atoms. The van der Waals surface area contributed by atoms with Crippen molar-refractivity contribution in [1.29, 1.82) is 0 Å². The first kappa shape index (κ1) is 29.7. The van der Waals surface area contributed by atoms with Gasteiger partial charge in [-0.25, -0.2) is 8.42 Å². The van der Waals surface area contributed by atoms with Gasteiger partial charge in [-0.1, -0.05) is 6.07 Å². The van der Waals surface area contributed by atoms with Gasteiger partial charge in [0.2, 0.25) is 11.8 Å². The lowest BCUT2D eigenvalue weighted by molar-refractivity contribution is -0.137. The molecule has 0 aromatic heterocycles. The number of benzene rings is 3. The summed E-state index contributed by atoms with van der Waals surface area (Å²) in [6.07, 6.45) is -3.54. The van der Waals surface area contributed by atoms with Gasteiger partial charge in [-0.05, 0) is 67.4 Å². The molecule has 1 N–H and O–H groups in total. The number of halogens is 3. The van der Waals surface area contributed by atoms with E-state index < -0.39 is 34.2 Å². The fourth-order valence-corrected chi connectivity index (χ4v) is 5.96. The van der Waals surface area contributed by atoms with Gasteiger partial charge in [-0.2, -0.15) is 13.2 Å².